The Morgan fingerprint density at radius 2 is 1.90 bits per heavy atom. The topological polar surface area (TPSA) is 76.6 Å². The Balaban J connectivity index is 1.28. The molecule has 1 amide bonds. The molecule has 0 saturated carbocycles. The van der Waals surface area contributed by atoms with Gasteiger partial charge in [0.05, 0.1) is 20.9 Å². The van der Waals surface area contributed by atoms with Gasteiger partial charge in [-0.1, -0.05) is 23.5 Å². The highest BCUT2D eigenvalue weighted by molar-refractivity contribution is 7.91. The lowest BCUT2D eigenvalue weighted by Crippen LogP contribution is -2.42. The van der Waals surface area contributed by atoms with E-state index in [-0.39, 0.29) is 29.1 Å². The van der Waals surface area contributed by atoms with Crippen molar-refractivity contribution < 1.29 is 22.3 Å². The molecule has 9 heteroatoms. The second kappa shape index (κ2) is 8.92. The van der Waals surface area contributed by atoms with E-state index in [1.807, 2.05) is 25.1 Å². The minimum Gasteiger partial charge on any atom is -0.467 e. The average molecular weight is 463 g/mol. The number of carbonyl (C=O) groups is 1. The molecule has 164 valence electrons. The zero-order chi connectivity index (χ0) is 22.0. The van der Waals surface area contributed by atoms with E-state index in [0.717, 1.165) is 27.9 Å². The molecule has 1 aliphatic heterocycles. The van der Waals surface area contributed by atoms with E-state index in [1.165, 1.54) is 23.5 Å². The molecule has 4 rings (SSSR count). The fourth-order valence-electron chi connectivity index (χ4n) is 3.62. The van der Waals surface area contributed by atoms with Crippen molar-refractivity contribution in [3.63, 3.8) is 0 Å². The van der Waals surface area contributed by atoms with Gasteiger partial charge in [-0.15, -0.1) is 0 Å². The van der Waals surface area contributed by atoms with Crippen molar-refractivity contribution in [3.05, 3.63) is 53.8 Å². The summed E-state index contributed by atoms with van der Waals surface area (Å²) in [7, 11) is -3.62. The number of para-hydroxylation sites is 1. The Bertz CT molecular complexity index is 1180. The first-order valence-corrected chi connectivity index (χ1v) is 12.6. The molecular formula is C22H23FN2O4S2. The van der Waals surface area contributed by atoms with E-state index >= 15 is 0 Å². The summed E-state index contributed by atoms with van der Waals surface area (Å²) in [6.07, 6.45) is 1.23. The highest BCUT2D eigenvalue weighted by Crippen LogP contribution is 2.31. The molecule has 1 saturated heterocycles. The maximum atomic E-state index is 13.0. The van der Waals surface area contributed by atoms with Crippen LogP contribution >= 0.6 is 11.3 Å². The van der Waals surface area contributed by atoms with Crippen molar-refractivity contribution in [2.24, 2.45) is 0 Å². The Morgan fingerprint density at radius 1 is 1.19 bits per heavy atom. The molecule has 0 spiro atoms. The van der Waals surface area contributed by atoms with Crippen LogP contribution in [0.5, 0.6) is 5.19 Å². The molecule has 1 fully saturated rings. The van der Waals surface area contributed by atoms with Crippen LogP contribution in [0.3, 0.4) is 0 Å². The van der Waals surface area contributed by atoms with Crippen LogP contribution < -0.4 is 4.74 Å². The monoisotopic (exact) mass is 462 g/mol. The van der Waals surface area contributed by atoms with Crippen molar-refractivity contribution in [3.8, 4) is 5.19 Å². The third kappa shape index (κ3) is 5.04. The largest absolute Gasteiger partial charge is 0.467 e. The van der Waals surface area contributed by atoms with E-state index in [9.17, 15) is 17.6 Å². The fraction of sp³-hybridized carbons (Fsp3) is 0.364. The van der Waals surface area contributed by atoms with Crippen molar-refractivity contribution in [1.82, 2.24) is 9.88 Å². The third-order valence-electron chi connectivity index (χ3n) is 5.42. The first kappa shape index (κ1) is 21.7. The number of amides is 1. The number of ether oxygens (including phenoxy) is 1. The average Bonchev–Trinajstić information content (AvgIpc) is 3.17. The van der Waals surface area contributed by atoms with E-state index in [0.29, 0.717) is 31.1 Å². The van der Waals surface area contributed by atoms with Crippen LogP contribution in [0.1, 0.15) is 24.8 Å². The van der Waals surface area contributed by atoms with Gasteiger partial charge in [0.2, 0.25) is 5.91 Å². The van der Waals surface area contributed by atoms with E-state index in [2.05, 4.69) is 4.98 Å². The zero-order valence-electron chi connectivity index (χ0n) is 17.1. The molecular weight excluding hydrogens is 439 g/mol. The predicted octanol–water partition coefficient (Wildman–Crippen LogP) is 3.98. The van der Waals surface area contributed by atoms with Gasteiger partial charge in [-0.2, -0.15) is 0 Å². The summed E-state index contributed by atoms with van der Waals surface area (Å²) in [4.78, 5) is 18.8. The highest BCUT2D eigenvalue weighted by Gasteiger charge is 2.26. The van der Waals surface area contributed by atoms with Gasteiger partial charge >= 0.3 is 0 Å². The normalized spacial score (nSPS) is 15.4. The molecule has 3 aromatic rings. The number of aryl methyl sites for hydroxylation is 1. The highest BCUT2D eigenvalue weighted by atomic mass is 32.2. The number of fused-ring (bicyclic) bond motifs is 1. The number of hydrogen-bond acceptors (Lipinski definition) is 6. The molecule has 0 atom stereocenters. The summed E-state index contributed by atoms with van der Waals surface area (Å²) in [5.74, 6) is -0.986. The molecule has 0 bridgehead atoms. The Kier molecular flexibility index (Phi) is 6.24. The third-order valence-corrected chi connectivity index (χ3v) is 8.06. The van der Waals surface area contributed by atoms with Crippen LogP contribution in [-0.4, -0.2) is 49.2 Å². The van der Waals surface area contributed by atoms with Crippen molar-refractivity contribution in [1.29, 1.82) is 0 Å². The van der Waals surface area contributed by atoms with E-state index in [4.69, 9.17) is 4.74 Å². The van der Waals surface area contributed by atoms with Crippen LogP contribution in [-0.2, 0) is 14.6 Å². The molecule has 2 aromatic carbocycles. The van der Waals surface area contributed by atoms with Gasteiger partial charge in [0.1, 0.15) is 11.9 Å². The molecule has 1 aliphatic rings. The number of carbonyl (C=O) groups excluding carboxylic acids is 1. The SMILES string of the molecule is Cc1cccc2sc(OC3CCN(C(=O)CCS(=O)(=O)c4ccc(F)cc4)CC3)nc12. The van der Waals surface area contributed by atoms with Crippen LogP contribution in [0.25, 0.3) is 10.2 Å². The van der Waals surface area contributed by atoms with Gasteiger partial charge in [-0.05, 0) is 42.8 Å². The van der Waals surface area contributed by atoms with Crippen molar-refractivity contribution in [2.75, 3.05) is 18.8 Å². The first-order chi connectivity index (χ1) is 14.8. The van der Waals surface area contributed by atoms with Gasteiger partial charge in [-0.25, -0.2) is 17.8 Å². The lowest BCUT2D eigenvalue weighted by molar-refractivity contribution is -0.132. The molecule has 1 aromatic heterocycles. The summed E-state index contributed by atoms with van der Waals surface area (Å²) < 4.78 is 44.9. The number of sulfone groups is 1. The van der Waals surface area contributed by atoms with Gasteiger partial charge in [0, 0.05) is 32.4 Å². The van der Waals surface area contributed by atoms with Gasteiger partial charge in [-0.3, -0.25) is 4.79 Å². The van der Waals surface area contributed by atoms with Gasteiger partial charge in [0.15, 0.2) is 9.84 Å². The number of likely N-dealkylation sites (tertiary alicyclic amines) is 1. The zero-order valence-corrected chi connectivity index (χ0v) is 18.7. The second-order valence-electron chi connectivity index (χ2n) is 7.62. The van der Waals surface area contributed by atoms with Gasteiger partial charge in [0.25, 0.3) is 5.19 Å². The maximum Gasteiger partial charge on any atom is 0.274 e. The number of nitrogens with zero attached hydrogens (tertiary/aromatic N) is 2. The number of hydrogen-bond donors (Lipinski definition) is 0. The summed E-state index contributed by atoms with van der Waals surface area (Å²) in [6.45, 7) is 3.06. The molecule has 0 aliphatic carbocycles. The van der Waals surface area contributed by atoms with Crippen molar-refractivity contribution >= 4 is 37.3 Å². The maximum absolute atomic E-state index is 13.0. The number of benzene rings is 2. The number of halogens is 1. The number of aromatic nitrogens is 1. The molecule has 2 heterocycles. The molecule has 0 N–H and O–H groups in total. The Morgan fingerprint density at radius 3 is 2.58 bits per heavy atom. The predicted molar refractivity (Wildman–Crippen MR) is 118 cm³/mol. The summed E-state index contributed by atoms with van der Waals surface area (Å²) in [5.41, 5.74) is 2.07. The summed E-state index contributed by atoms with van der Waals surface area (Å²) >= 11 is 1.52. The number of thiazole rings is 1. The van der Waals surface area contributed by atoms with Crippen molar-refractivity contribution in [2.45, 2.75) is 37.2 Å². The lowest BCUT2D eigenvalue weighted by atomic mass is 10.1. The lowest BCUT2D eigenvalue weighted by Gasteiger charge is -2.31. The standard InChI is InChI=1S/C22H23FN2O4S2/c1-15-3-2-4-19-21(15)24-22(30-19)29-17-9-12-25(13-10-17)20(26)11-14-31(27,28)18-7-5-16(23)6-8-18/h2-8,17H,9-14H2,1H3. The number of piperidine rings is 1. The van der Waals surface area contributed by atoms with E-state index < -0.39 is 15.7 Å². The number of rotatable bonds is 6. The Hall–Kier alpha value is -2.52. The molecule has 0 radical (unpaired) electrons. The first-order valence-electron chi connectivity index (χ1n) is 10.1. The molecule has 0 unspecified atom stereocenters. The molecule has 6 nitrogen and oxygen atoms in total. The smallest absolute Gasteiger partial charge is 0.274 e. The van der Waals surface area contributed by atoms with E-state index in [1.54, 1.807) is 4.90 Å². The minimum absolute atomic E-state index is 0.0205. The summed E-state index contributed by atoms with van der Waals surface area (Å²) in [6, 6.07) is 10.7. The Labute approximate surface area is 184 Å². The van der Waals surface area contributed by atoms with Crippen LogP contribution in [0.15, 0.2) is 47.4 Å². The van der Waals surface area contributed by atoms with Gasteiger partial charge < -0.3 is 9.64 Å². The van der Waals surface area contributed by atoms with Crippen LogP contribution in [0, 0.1) is 12.7 Å². The van der Waals surface area contributed by atoms with Crippen LogP contribution in [0.2, 0.25) is 0 Å². The van der Waals surface area contributed by atoms with Crippen LogP contribution in [0.4, 0.5) is 4.39 Å². The minimum atomic E-state index is -3.62. The second-order valence-corrected chi connectivity index (χ2v) is 10.7. The molecule has 31 heavy (non-hydrogen) atoms. The fourth-order valence-corrected chi connectivity index (χ4v) is 5.81. The quantitative estimate of drug-likeness (QED) is 0.518. The summed E-state index contributed by atoms with van der Waals surface area (Å²) in [5, 5.41) is 0.638.